The van der Waals surface area contributed by atoms with E-state index in [4.69, 9.17) is 4.74 Å². The molecule has 1 aromatic rings. The summed E-state index contributed by atoms with van der Waals surface area (Å²) in [5.41, 5.74) is 0. The Morgan fingerprint density at radius 1 is 1.53 bits per heavy atom. The number of carbonyl (C=O) groups is 2. The van der Waals surface area contributed by atoms with E-state index in [9.17, 15) is 9.59 Å². The van der Waals surface area contributed by atoms with Crippen LogP contribution in [0.4, 0.5) is 5.82 Å². The van der Waals surface area contributed by atoms with E-state index in [1.54, 1.807) is 24.3 Å². The Morgan fingerprint density at radius 2 is 2.21 bits per heavy atom. The number of hydrogen-bond donors (Lipinski definition) is 1. The zero-order valence-electron chi connectivity index (χ0n) is 10.6. The molecule has 2 heterocycles. The van der Waals surface area contributed by atoms with E-state index >= 15 is 0 Å². The highest BCUT2D eigenvalue weighted by Crippen LogP contribution is 2.26. The van der Waals surface area contributed by atoms with E-state index in [0.717, 1.165) is 4.47 Å². The maximum Gasteiger partial charge on any atom is 0.232 e. The summed E-state index contributed by atoms with van der Waals surface area (Å²) in [6, 6.07) is 1.64. The topological polar surface area (TPSA) is 71.5 Å². The predicted octanol–water partition coefficient (Wildman–Crippen LogP) is 1.27. The Kier molecular flexibility index (Phi) is 4.04. The fraction of sp³-hybridized carbons (Fsp3) is 0.417. The summed E-state index contributed by atoms with van der Waals surface area (Å²) in [5, 5.41) is 2.72. The minimum Gasteiger partial charge on any atom is -0.495 e. The summed E-state index contributed by atoms with van der Waals surface area (Å²) >= 11 is 3.29. The van der Waals surface area contributed by atoms with Crippen molar-refractivity contribution in [3.05, 3.63) is 16.7 Å². The molecule has 1 aliphatic heterocycles. The molecule has 1 N–H and O–H groups in total. The molecular formula is C12H14BrN3O3. The number of halogens is 1. The van der Waals surface area contributed by atoms with Crippen LogP contribution in [0.3, 0.4) is 0 Å². The number of aromatic nitrogens is 1. The normalized spacial score (nSPS) is 14.8. The first-order valence-electron chi connectivity index (χ1n) is 5.77. The number of carbonyl (C=O) groups excluding carboxylic acids is 2. The van der Waals surface area contributed by atoms with Crippen LogP contribution in [-0.4, -0.2) is 41.9 Å². The number of ether oxygens (including phenoxy) is 1. The van der Waals surface area contributed by atoms with Crippen LogP contribution in [0.1, 0.15) is 6.92 Å². The Balaban J connectivity index is 1.95. The quantitative estimate of drug-likeness (QED) is 0.907. The third kappa shape index (κ3) is 3.04. The molecule has 0 saturated carbocycles. The first-order valence-corrected chi connectivity index (χ1v) is 6.56. The van der Waals surface area contributed by atoms with E-state index < -0.39 is 0 Å². The fourth-order valence-electron chi connectivity index (χ4n) is 1.77. The summed E-state index contributed by atoms with van der Waals surface area (Å²) in [6.07, 6.45) is 1.57. The number of hydrogen-bond acceptors (Lipinski definition) is 4. The lowest BCUT2D eigenvalue weighted by molar-refractivity contribution is -0.139. The summed E-state index contributed by atoms with van der Waals surface area (Å²) in [5.74, 6) is 0.734. The SMILES string of the molecule is COc1cc(NC(=O)C2CN(C(C)=O)C2)ncc1Br. The maximum absolute atomic E-state index is 11.9. The molecule has 1 saturated heterocycles. The number of pyridine rings is 1. The molecular weight excluding hydrogens is 314 g/mol. The molecule has 1 aliphatic rings. The first-order chi connectivity index (χ1) is 9.01. The second-order valence-corrected chi connectivity index (χ2v) is 5.17. The molecule has 102 valence electrons. The fourth-order valence-corrected chi connectivity index (χ4v) is 2.15. The predicted molar refractivity (Wildman–Crippen MR) is 72.9 cm³/mol. The highest BCUT2D eigenvalue weighted by Gasteiger charge is 2.34. The molecule has 2 amide bonds. The van der Waals surface area contributed by atoms with Gasteiger partial charge in [0.2, 0.25) is 11.8 Å². The monoisotopic (exact) mass is 327 g/mol. The van der Waals surface area contributed by atoms with E-state index in [1.165, 1.54) is 6.92 Å². The molecule has 1 fully saturated rings. The van der Waals surface area contributed by atoms with Gasteiger partial charge >= 0.3 is 0 Å². The van der Waals surface area contributed by atoms with Gasteiger partial charge in [-0.25, -0.2) is 4.98 Å². The molecule has 2 rings (SSSR count). The number of methoxy groups -OCH3 is 1. The van der Waals surface area contributed by atoms with Crippen LogP contribution in [-0.2, 0) is 9.59 Å². The molecule has 0 bridgehead atoms. The molecule has 0 unspecified atom stereocenters. The van der Waals surface area contributed by atoms with Crippen LogP contribution in [0.15, 0.2) is 16.7 Å². The van der Waals surface area contributed by atoms with E-state index in [1.807, 2.05) is 0 Å². The van der Waals surface area contributed by atoms with Crippen molar-refractivity contribution in [2.75, 3.05) is 25.5 Å². The standard InChI is InChI=1S/C12H14BrN3O3/c1-7(17)16-5-8(6-16)12(18)15-11-3-10(19-2)9(13)4-14-11/h3-4,8H,5-6H2,1-2H3,(H,14,15,18). The number of amides is 2. The average Bonchev–Trinajstić information content (AvgIpc) is 2.29. The summed E-state index contributed by atoms with van der Waals surface area (Å²) < 4.78 is 5.85. The molecule has 0 atom stereocenters. The highest BCUT2D eigenvalue weighted by atomic mass is 79.9. The third-order valence-corrected chi connectivity index (χ3v) is 3.58. The van der Waals surface area contributed by atoms with Crippen LogP contribution in [0.5, 0.6) is 5.75 Å². The van der Waals surface area contributed by atoms with Crippen molar-refractivity contribution in [1.29, 1.82) is 0 Å². The van der Waals surface area contributed by atoms with Crippen molar-refractivity contribution in [3.63, 3.8) is 0 Å². The number of nitrogens with zero attached hydrogens (tertiary/aromatic N) is 2. The zero-order valence-corrected chi connectivity index (χ0v) is 12.2. The van der Waals surface area contributed by atoms with Crippen molar-refractivity contribution in [3.8, 4) is 5.75 Å². The van der Waals surface area contributed by atoms with Crippen molar-refractivity contribution < 1.29 is 14.3 Å². The lowest BCUT2D eigenvalue weighted by Crippen LogP contribution is -2.53. The number of rotatable bonds is 3. The van der Waals surface area contributed by atoms with Crippen molar-refractivity contribution in [1.82, 2.24) is 9.88 Å². The van der Waals surface area contributed by atoms with Gasteiger partial charge in [-0.2, -0.15) is 0 Å². The van der Waals surface area contributed by atoms with Crippen LogP contribution >= 0.6 is 15.9 Å². The maximum atomic E-state index is 11.9. The molecule has 0 aliphatic carbocycles. The van der Waals surface area contributed by atoms with E-state index in [2.05, 4.69) is 26.2 Å². The van der Waals surface area contributed by atoms with Gasteiger partial charge < -0.3 is 15.0 Å². The Morgan fingerprint density at radius 3 is 2.79 bits per heavy atom. The van der Waals surface area contributed by atoms with Gasteiger partial charge in [-0.1, -0.05) is 0 Å². The molecule has 7 heteroatoms. The smallest absolute Gasteiger partial charge is 0.232 e. The lowest BCUT2D eigenvalue weighted by atomic mass is 9.99. The number of anilines is 1. The van der Waals surface area contributed by atoms with Gasteiger partial charge in [0, 0.05) is 32.3 Å². The summed E-state index contributed by atoms with van der Waals surface area (Å²) in [7, 11) is 1.54. The molecule has 0 radical (unpaired) electrons. The number of nitrogens with one attached hydrogen (secondary N) is 1. The summed E-state index contributed by atoms with van der Waals surface area (Å²) in [4.78, 5) is 28.6. The molecule has 6 nitrogen and oxygen atoms in total. The highest BCUT2D eigenvalue weighted by molar-refractivity contribution is 9.10. The second-order valence-electron chi connectivity index (χ2n) is 4.31. The Bertz CT molecular complexity index is 515. The Labute approximate surface area is 119 Å². The molecule has 0 spiro atoms. The van der Waals surface area contributed by atoms with Gasteiger partial charge in [-0.15, -0.1) is 0 Å². The van der Waals surface area contributed by atoms with Crippen molar-refractivity contribution in [2.45, 2.75) is 6.92 Å². The van der Waals surface area contributed by atoms with Gasteiger partial charge in [0.05, 0.1) is 17.5 Å². The second kappa shape index (κ2) is 5.56. The minimum atomic E-state index is -0.166. The van der Waals surface area contributed by atoms with Crippen LogP contribution < -0.4 is 10.1 Å². The van der Waals surface area contributed by atoms with Gasteiger partial charge in [0.1, 0.15) is 11.6 Å². The van der Waals surface area contributed by atoms with Crippen LogP contribution in [0.25, 0.3) is 0 Å². The number of likely N-dealkylation sites (tertiary alicyclic amines) is 1. The van der Waals surface area contributed by atoms with Gasteiger partial charge in [-0.05, 0) is 15.9 Å². The average molecular weight is 328 g/mol. The lowest BCUT2D eigenvalue weighted by Gasteiger charge is -2.37. The molecule has 0 aromatic carbocycles. The third-order valence-electron chi connectivity index (χ3n) is 2.99. The van der Waals surface area contributed by atoms with Crippen LogP contribution in [0, 0.1) is 5.92 Å². The zero-order chi connectivity index (χ0) is 14.0. The van der Waals surface area contributed by atoms with E-state index in [-0.39, 0.29) is 17.7 Å². The summed E-state index contributed by atoms with van der Waals surface area (Å²) in [6.45, 7) is 2.43. The van der Waals surface area contributed by atoms with Gasteiger partial charge in [0.25, 0.3) is 0 Å². The largest absolute Gasteiger partial charge is 0.495 e. The van der Waals surface area contributed by atoms with Crippen molar-refractivity contribution in [2.24, 2.45) is 5.92 Å². The van der Waals surface area contributed by atoms with Crippen LogP contribution in [0.2, 0.25) is 0 Å². The van der Waals surface area contributed by atoms with Gasteiger partial charge in [0.15, 0.2) is 0 Å². The molecule has 1 aromatic heterocycles. The molecule has 19 heavy (non-hydrogen) atoms. The Hall–Kier alpha value is -1.63. The first kappa shape index (κ1) is 13.8. The van der Waals surface area contributed by atoms with Crippen molar-refractivity contribution >= 4 is 33.6 Å². The van der Waals surface area contributed by atoms with Gasteiger partial charge in [-0.3, -0.25) is 9.59 Å². The van der Waals surface area contributed by atoms with E-state index in [0.29, 0.717) is 24.7 Å². The minimum absolute atomic E-state index is 0.00696.